The van der Waals surface area contributed by atoms with Crippen molar-refractivity contribution in [2.75, 3.05) is 0 Å². The molecule has 0 atom stereocenters. The van der Waals surface area contributed by atoms with E-state index in [1.165, 1.54) is 33.4 Å². The third-order valence-corrected chi connectivity index (χ3v) is 7.53. The Hall–Kier alpha value is -4.26. The van der Waals surface area contributed by atoms with Gasteiger partial charge in [0.15, 0.2) is 0 Å². The van der Waals surface area contributed by atoms with Crippen molar-refractivity contribution >= 4 is 16.5 Å². The Morgan fingerprint density at radius 2 is 1.06 bits per heavy atom. The Labute approximate surface area is 192 Å². The van der Waals surface area contributed by atoms with Crippen LogP contribution in [0.3, 0.4) is 0 Å². The first kappa shape index (κ1) is 18.3. The van der Waals surface area contributed by atoms with Gasteiger partial charge in [-0.2, -0.15) is 4.79 Å². The van der Waals surface area contributed by atoms with Gasteiger partial charge in [-0.1, -0.05) is 109 Å². The predicted molar refractivity (Wildman–Crippen MR) is 132 cm³/mol. The summed E-state index contributed by atoms with van der Waals surface area (Å²) < 4.78 is 0. The van der Waals surface area contributed by atoms with Crippen LogP contribution in [0.5, 0.6) is 0 Å². The zero-order valence-electron chi connectivity index (χ0n) is 17.9. The molecule has 0 aliphatic heterocycles. The highest BCUT2D eigenvalue weighted by Crippen LogP contribution is 2.60. The van der Waals surface area contributed by atoms with Gasteiger partial charge in [0.05, 0.1) is 5.56 Å². The molecule has 2 nitrogen and oxygen atoms in total. The Morgan fingerprint density at radius 3 is 1.64 bits per heavy atom. The molecule has 154 valence electrons. The monoisotopic (exact) mass is 420 g/mol. The summed E-state index contributed by atoms with van der Waals surface area (Å²) in [7, 11) is 0. The fraction of sp³-hybridized carbons (Fsp3) is 0.0645. The Kier molecular flexibility index (Phi) is 3.68. The number of nitrogens with zero attached hydrogens (tertiary/aromatic N) is 2. The minimum absolute atomic E-state index is 0.183. The summed E-state index contributed by atoms with van der Waals surface area (Å²) in [5.41, 5.74) is 19.2. The molecule has 0 aromatic heterocycles. The van der Waals surface area contributed by atoms with Crippen molar-refractivity contribution in [3.63, 3.8) is 0 Å². The second-order valence-electron chi connectivity index (χ2n) is 8.92. The van der Waals surface area contributed by atoms with Gasteiger partial charge in [-0.15, -0.1) is 0 Å². The van der Waals surface area contributed by atoms with Crippen LogP contribution in [0.4, 0.5) is 0 Å². The number of hydrogen-bond donors (Lipinski definition) is 0. The van der Waals surface area contributed by atoms with Gasteiger partial charge in [0, 0.05) is 5.92 Å². The van der Waals surface area contributed by atoms with Crippen LogP contribution in [-0.2, 0) is 5.41 Å². The normalized spacial score (nSPS) is 19.3. The van der Waals surface area contributed by atoms with Crippen molar-refractivity contribution < 1.29 is 4.79 Å². The van der Waals surface area contributed by atoms with Crippen molar-refractivity contribution in [2.45, 2.75) is 11.3 Å². The molecule has 3 aliphatic carbocycles. The number of benzene rings is 5. The molecule has 0 spiro atoms. The van der Waals surface area contributed by atoms with Gasteiger partial charge in [-0.05, 0) is 50.2 Å². The fourth-order valence-corrected chi connectivity index (χ4v) is 6.35. The lowest BCUT2D eigenvalue weighted by atomic mass is 9.50. The van der Waals surface area contributed by atoms with Crippen LogP contribution < -0.4 is 0 Å². The standard InChI is InChI=1S/C31H20N2/c32-33-30(22-16-9-11-20-10-1-2-12-21(20)22)31-26-17-6-3-13-23(26)29(24-14-4-7-18-27(24)31)25-15-5-8-19-28(25)31/h1-19,29H. The topological polar surface area (TPSA) is 36.4 Å². The maximum atomic E-state index is 10.8. The average Bonchev–Trinajstić information content (AvgIpc) is 2.89. The first-order chi connectivity index (χ1) is 16.4. The van der Waals surface area contributed by atoms with Gasteiger partial charge in [0.1, 0.15) is 5.41 Å². The predicted octanol–water partition coefficient (Wildman–Crippen LogP) is 6.70. The molecule has 0 saturated carbocycles. The molecule has 33 heavy (non-hydrogen) atoms. The Balaban J connectivity index is 1.69. The molecule has 0 radical (unpaired) electrons. The van der Waals surface area contributed by atoms with Gasteiger partial charge < -0.3 is 5.53 Å². The summed E-state index contributed by atoms with van der Waals surface area (Å²) in [5.74, 6) is 0.183. The van der Waals surface area contributed by atoms with Crippen molar-refractivity contribution in [2.24, 2.45) is 0 Å². The SMILES string of the molecule is [N-]=[N+]=C(c1cccc2ccccc12)C12c3ccccc3C(c3ccccc31)c1ccccc12. The van der Waals surface area contributed by atoms with Crippen LogP contribution in [0.25, 0.3) is 16.3 Å². The highest BCUT2D eigenvalue weighted by atomic mass is 14.9. The highest BCUT2D eigenvalue weighted by Gasteiger charge is 2.58. The third kappa shape index (κ3) is 2.18. The molecule has 0 amide bonds. The first-order valence-corrected chi connectivity index (χ1v) is 11.3. The lowest BCUT2D eigenvalue weighted by Gasteiger charge is -2.48. The molecule has 0 N–H and O–H groups in total. The van der Waals surface area contributed by atoms with Crippen molar-refractivity contribution in [1.82, 2.24) is 0 Å². The van der Waals surface area contributed by atoms with Crippen LogP contribution in [0.15, 0.2) is 115 Å². The van der Waals surface area contributed by atoms with Crippen LogP contribution in [0.2, 0.25) is 0 Å². The van der Waals surface area contributed by atoms with Gasteiger partial charge in [0.25, 0.3) is 0 Å². The van der Waals surface area contributed by atoms with E-state index in [-0.39, 0.29) is 5.92 Å². The van der Waals surface area contributed by atoms with Crippen LogP contribution in [0, 0.1) is 0 Å². The van der Waals surface area contributed by atoms with E-state index >= 15 is 0 Å². The molecule has 0 heterocycles. The van der Waals surface area contributed by atoms with E-state index in [1.807, 2.05) is 12.1 Å². The fourth-order valence-electron chi connectivity index (χ4n) is 6.35. The molecule has 0 fully saturated rings. The zero-order chi connectivity index (χ0) is 22.0. The minimum atomic E-state index is -0.697. The summed E-state index contributed by atoms with van der Waals surface area (Å²) >= 11 is 0. The molecular weight excluding hydrogens is 400 g/mol. The minimum Gasteiger partial charge on any atom is -0.361 e. The van der Waals surface area contributed by atoms with Gasteiger partial charge in [-0.25, -0.2) is 0 Å². The summed E-state index contributed by atoms with van der Waals surface area (Å²) in [5, 5.41) is 2.22. The van der Waals surface area contributed by atoms with E-state index in [1.54, 1.807) is 0 Å². The lowest BCUT2D eigenvalue weighted by molar-refractivity contribution is -0.0106. The second-order valence-corrected chi connectivity index (χ2v) is 8.92. The van der Waals surface area contributed by atoms with Crippen molar-refractivity contribution in [3.8, 4) is 0 Å². The molecule has 5 aromatic rings. The van der Waals surface area contributed by atoms with Crippen LogP contribution >= 0.6 is 0 Å². The molecular formula is C31H20N2. The van der Waals surface area contributed by atoms with Gasteiger partial charge >= 0.3 is 5.71 Å². The smallest absolute Gasteiger partial charge is 0.319 e. The van der Waals surface area contributed by atoms with Crippen LogP contribution in [0.1, 0.15) is 44.9 Å². The number of fused-ring (bicyclic) bond motifs is 1. The molecule has 0 saturated heterocycles. The molecule has 8 rings (SSSR count). The summed E-state index contributed by atoms with van der Waals surface area (Å²) in [6, 6.07) is 40.6. The Morgan fingerprint density at radius 1 is 0.576 bits per heavy atom. The van der Waals surface area contributed by atoms with Crippen molar-refractivity contribution in [1.29, 1.82) is 0 Å². The molecule has 5 aromatic carbocycles. The largest absolute Gasteiger partial charge is 0.361 e. The van der Waals surface area contributed by atoms with E-state index < -0.39 is 5.41 Å². The maximum Gasteiger partial charge on any atom is 0.319 e. The first-order valence-electron chi connectivity index (χ1n) is 11.3. The van der Waals surface area contributed by atoms with Crippen molar-refractivity contribution in [3.05, 3.63) is 160 Å². The lowest BCUT2D eigenvalue weighted by Crippen LogP contribution is -2.48. The van der Waals surface area contributed by atoms with Gasteiger partial charge in [-0.3, -0.25) is 0 Å². The molecule has 3 aliphatic rings. The molecule has 2 heteroatoms. The second kappa shape index (κ2) is 6.62. The number of hydrogen-bond acceptors (Lipinski definition) is 0. The average molecular weight is 421 g/mol. The van der Waals surface area contributed by atoms with Crippen LogP contribution in [-0.4, -0.2) is 10.5 Å². The summed E-state index contributed by atoms with van der Waals surface area (Å²) in [4.78, 5) is 4.11. The van der Waals surface area contributed by atoms with E-state index in [2.05, 4.69) is 108 Å². The third-order valence-electron chi connectivity index (χ3n) is 7.53. The van der Waals surface area contributed by atoms with E-state index in [0.717, 1.165) is 16.3 Å². The maximum absolute atomic E-state index is 10.8. The molecule has 2 bridgehead atoms. The highest BCUT2D eigenvalue weighted by molar-refractivity contribution is 6.17. The Bertz CT molecular complexity index is 1520. The number of rotatable bonds is 2. The van der Waals surface area contributed by atoms with E-state index in [0.29, 0.717) is 5.71 Å². The quantitative estimate of drug-likeness (QED) is 0.173. The summed E-state index contributed by atoms with van der Waals surface area (Å²) in [6.45, 7) is 0. The van der Waals surface area contributed by atoms with E-state index in [9.17, 15) is 5.53 Å². The summed E-state index contributed by atoms with van der Waals surface area (Å²) in [6.07, 6.45) is 0. The van der Waals surface area contributed by atoms with Gasteiger partial charge in [0.2, 0.25) is 0 Å². The van der Waals surface area contributed by atoms with E-state index in [4.69, 9.17) is 0 Å². The zero-order valence-corrected chi connectivity index (χ0v) is 17.9. The molecule has 0 unspecified atom stereocenters.